The van der Waals surface area contributed by atoms with Gasteiger partial charge < -0.3 is 31.2 Å². The van der Waals surface area contributed by atoms with E-state index >= 15 is 0 Å². The second-order valence-corrected chi connectivity index (χ2v) is 10.4. The first-order valence-electron chi connectivity index (χ1n) is 14.5. The molecule has 41 heavy (non-hydrogen) atoms. The second kappa shape index (κ2) is 16.5. The van der Waals surface area contributed by atoms with E-state index in [0.29, 0.717) is 31.5 Å². The predicted molar refractivity (Wildman–Crippen MR) is 157 cm³/mol. The second-order valence-electron chi connectivity index (χ2n) is 10.4. The number of rotatable bonds is 16. The minimum Gasteiger partial charge on any atom is -0.469 e. The minimum atomic E-state index is -0.945. The summed E-state index contributed by atoms with van der Waals surface area (Å²) in [6.07, 6.45) is 5.57. The van der Waals surface area contributed by atoms with Gasteiger partial charge in [-0.15, -0.1) is 0 Å². The van der Waals surface area contributed by atoms with Crippen LogP contribution in [0.2, 0.25) is 0 Å². The van der Waals surface area contributed by atoms with E-state index in [0.717, 1.165) is 61.2 Å². The number of hydrogen-bond acceptors (Lipinski definition) is 10. The Balaban J connectivity index is 1.65. The molecule has 0 aliphatic carbocycles. The Morgan fingerprint density at radius 2 is 1.98 bits per heavy atom. The summed E-state index contributed by atoms with van der Waals surface area (Å²) in [5, 5.41) is 9.42. The van der Waals surface area contributed by atoms with E-state index in [2.05, 4.69) is 32.8 Å². The molecule has 1 aromatic carbocycles. The number of aryl methyl sites for hydroxylation is 1. The van der Waals surface area contributed by atoms with E-state index in [-0.39, 0.29) is 30.8 Å². The van der Waals surface area contributed by atoms with Gasteiger partial charge in [-0.3, -0.25) is 14.4 Å². The molecule has 11 nitrogen and oxygen atoms in total. The van der Waals surface area contributed by atoms with Crippen LogP contribution in [0.25, 0.3) is 0 Å². The highest BCUT2D eigenvalue weighted by Gasteiger charge is 2.29. The van der Waals surface area contributed by atoms with Crippen LogP contribution >= 0.6 is 0 Å². The van der Waals surface area contributed by atoms with Gasteiger partial charge in [-0.25, -0.2) is 4.98 Å². The monoisotopic (exact) mass is 568 g/mol. The molecule has 5 N–H and O–H groups in total. The Morgan fingerprint density at radius 3 is 2.71 bits per heavy atom. The van der Waals surface area contributed by atoms with Crippen molar-refractivity contribution in [3.8, 4) is 0 Å². The highest BCUT2D eigenvalue weighted by molar-refractivity contribution is 5.85. The Hall–Kier alpha value is -3.73. The lowest BCUT2D eigenvalue weighted by atomic mass is 10.0. The number of amides is 1. The first-order valence-corrected chi connectivity index (χ1v) is 14.5. The average Bonchev–Trinajstić information content (AvgIpc) is 3.50. The van der Waals surface area contributed by atoms with Crippen LogP contribution in [-0.2, 0) is 43.2 Å². The fourth-order valence-electron chi connectivity index (χ4n) is 4.85. The molecular formula is C30H44N6O5. The summed E-state index contributed by atoms with van der Waals surface area (Å²) in [4.78, 5) is 46.5. The maximum absolute atomic E-state index is 13.3. The van der Waals surface area contributed by atoms with Crippen molar-refractivity contribution in [2.75, 3.05) is 31.2 Å². The number of nitrogens with two attached hydrogens (primary N) is 1. The Morgan fingerprint density at radius 1 is 1.17 bits per heavy atom. The average molecular weight is 569 g/mol. The number of benzene rings is 1. The van der Waals surface area contributed by atoms with E-state index in [1.54, 1.807) is 0 Å². The number of ether oxygens (including phenoxy) is 2. The maximum Gasteiger partial charge on any atom is 0.323 e. The molecule has 0 saturated carbocycles. The number of aromatic nitrogens is 2. The number of carbonyl (C=O) groups is 3. The molecule has 1 aliphatic rings. The molecule has 0 bridgehead atoms. The Labute approximate surface area is 242 Å². The third kappa shape index (κ3) is 10.3. The quantitative estimate of drug-likeness (QED) is 0.175. The van der Waals surface area contributed by atoms with Gasteiger partial charge in [0.05, 0.1) is 13.5 Å². The largest absolute Gasteiger partial charge is 0.469 e. The number of nitrogen functional groups attached to an aromatic ring is 1. The van der Waals surface area contributed by atoms with Gasteiger partial charge in [-0.2, -0.15) is 4.98 Å². The Bertz CT molecular complexity index is 1170. The lowest BCUT2D eigenvalue weighted by molar-refractivity contribution is -0.158. The van der Waals surface area contributed by atoms with Crippen molar-refractivity contribution < 1.29 is 23.9 Å². The molecule has 2 heterocycles. The molecule has 2 atom stereocenters. The molecule has 1 fully saturated rings. The van der Waals surface area contributed by atoms with Gasteiger partial charge in [0.1, 0.15) is 11.9 Å². The lowest BCUT2D eigenvalue weighted by Gasteiger charge is -2.20. The molecular weight excluding hydrogens is 524 g/mol. The van der Waals surface area contributed by atoms with Gasteiger partial charge in [0.15, 0.2) is 6.10 Å². The third-order valence-corrected chi connectivity index (χ3v) is 7.13. The first-order chi connectivity index (χ1) is 19.8. The summed E-state index contributed by atoms with van der Waals surface area (Å²) < 4.78 is 10.5. The number of unbranched alkanes of at least 4 members (excludes halogenated alkanes) is 2. The van der Waals surface area contributed by atoms with E-state index in [4.69, 9.17) is 15.2 Å². The molecule has 1 aromatic heterocycles. The van der Waals surface area contributed by atoms with Crippen LogP contribution in [0.3, 0.4) is 0 Å². The first kappa shape index (κ1) is 31.8. The van der Waals surface area contributed by atoms with Crippen molar-refractivity contribution in [2.45, 2.75) is 90.3 Å². The van der Waals surface area contributed by atoms with Crippen LogP contribution in [0.1, 0.15) is 74.3 Å². The van der Waals surface area contributed by atoms with Gasteiger partial charge >= 0.3 is 11.9 Å². The zero-order chi connectivity index (χ0) is 29.6. The highest BCUT2D eigenvalue weighted by Crippen LogP contribution is 2.21. The van der Waals surface area contributed by atoms with Crippen LogP contribution in [-0.4, -0.2) is 60.2 Å². The van der Waals surface area contributed by atoms with Crippen LogP contribution in [0, 0.1) is 6.92 Å². The van der Waals surface area contributed by atoms with Crippen LogP contribution < -0.4 is 21.7 Å². The number of hydrogen-bond donors (Lipinski definition) is 4. The summed E-state index contributed by atoms with van der Waals surface area (Å²) in [7, 11) is 1.35. The van der Waals surface area contributed by atoms with Crippen molar-refractivity contribution in [1.82, 2.24) is 20.6 Å². The molecule has 1 aliphatic heterocycles. The maximum atomic E-state index is 13.3. The normalized spacial score (nSPS) is 15.2. The number of methoxy groups -OCH3 is 1. The number of esters is 2. The highest BCUT2D eigenvalue weighted by atomic mass is 16.5. The fraction of sp³-hybridized carbons (Fsp3) is 0.567. The smallest absolute Gasteiger partial charge is 0.323 e. The van der Waals surface area contributed by atoms with Crippen molar-refractivity contribution >= 4 is 29.6 Å². The van der Waals surface area contributed by atoms with E-state index in [1.807, 2.05) is 31.2 Å². The molecule has 224 valence electrons. The van der Waals surface area contributed by atoms with Crippen molar-refractivity contribution in [1.29, 1.82) is 0 Å². The number of anilines is 2. The Kier molecular flexibility index (Phi) is 12.8. The van der Waals surface area contributed by atoms with Crippen molar-refractivity contribution in [3.05, 3.63) is 46.6 Å². The van der Waals surface area contributed by atoms with E-state index in [1.165, 1.54) is 7.11 Å². The van der Waals surface area contributed by atoms with Gasteiger partial charge in [0.25, 0.3) is 5.91 Å². The molecule has 0 radical (unpaired) electrons. The topological polar surface area (TPSA) is 158 Å². The molecule has 1 saturated heterocycles. The molecule has 0 spiro atoms. The summed E-state index contributed by atoms with van der Waals surface area (Å²) in [5.74, 6) is -0.174. The standard InChI is InChI=1S/C30H44N6O5/c1-4-5-6-15-33-27-23(20(2)35-30(31)36-27)12-8-14-25(41-29(39)24-13-9-16-32-24)28(38)34-19-22-11-7-10-21(17-22)18-26(37)40-3/h7,10-11,17,24-25,32H,4-6,8-9,12-16,18-19H2,1-3H3,(H,34,38)(H3,31,33,35,36). The van der Waals surface area contributed by atoms with E-state index < -0.39 is 18.1 Å². The number of nitrogens with one attached hydrogen (secondary N) is 3. The SMILES string of the molecule is CCCCCNc1nc(N)nc(C)c1CCCC(OC(=O)C1CCCN1)C(=O)NCc1cccc(CC(=O)OC)c1. The van der Waals surface area contributed by atoms with Crippen molar-refractivity contribution in [3.63, 3.8) is 0 Å². The number of carbonyl (C=O) groups excluding carboxylic acids is 3. The van der Waals surface area contributed by atoms with Crippen LogP contribution in [0.4, 0.5) is 11.8 Å². The zero-order valence-corrected chi connectivity index (χ0v) is 24.5. The van der Waals surface area contributed by atoms with Gasteiger partial charge in [0, 0.05) is 24.3 Å². The number of nitrogens with zero attached hydrogens (tertiary/aromatic N) is 2. The molecule has 3 rings (SSSR count). The summed E-state index contributed by atoms with van der Waals surface area (Å²) in [6, 6.07) is 6.97. The summed E-state index contributed by atoms with van der Waals surface area (Å²) >= 11 is 0. The summed E-state index contributed by atoms with van der Waals surface area (Å²) in [6.45, 7) is 5.83. The molecule has 2 aromatic rings. The van der Waals surface area contributed by atoms with Crippen LogP contribution in [0.15, 0.2) is 24.3 Å². The van der Waals surface area contributed by atoms with E-state index in [9.17, 15) is 14.4 Å². The van der Waals surface area contributed by atoms with Gasteiger partial charge in [-0.05, 0) is 63.1 Å². The fourth-order valence-corrected chi connectivity index (χ4v) is 4.85. The minimum absolute atomic E-state index is 0.149. The zero-order valence-electron chi connectivity index (χ0n) is 24.5. The molecule has 11 heteroatoms. The molecule has 2 unspecified atom stereocenters. The summed E-state index contributed by atoms with van der Waals surface area (Å²) in [5.41, 5.74) is 9.26. The van der Waals surface area contributed by atoms with Gasteiger partial charge in [-0.1, -0.05) is 44.0 Å². The molecule has 1 amide bonds. The van der Waals surface area contributed by atoms with Crippen molar-refractivity contribution in [2.24, 2.45) is 0 Å². The predicted octanol–water partition coefficient (Wildman–Crippen LogP) is 2.99. The van der Waals surface area contributed by atoms with Crippen LogP contribution in [0.5, 0.6) is 0 Å². The van der Waals surface area contributed by atoms with Gasteiger partial charge in [0.2, 0.25) is 5.95 Å². The lowest BCUT2D eigenvalue weighted by Crippen LogP contribution is -2.41. The third-order valence-electron chi connectivity index (χ3n) is 7.13.